The summed E-state index contributed by atoms with van der Waals surface area (Å²) in [5, 5.41) is 9.05. The van der Waals surface area contributed by atoms with E-state index in [1.165, 1.54) is 39.0 Å². The summed E-state index contributed by atoms with van der Waals surface area (Å²) in [7, 11) is 0. The van der Waals surface area contributed by atoms with Crippen molar-refractivity contribution in [2.24, 2.45) is 5.92 Å². The molecular weight excluding hydrogens is 314 g/mol. The van der Waals surface area contributed by atoms with Gasteiger partial charge in [0.25, 0.3) is 0 Å². The van der Waals surface area contributed by atoms with Gasteiger partial charge in [0, 0.05) is 24.8 Å². The SMILES string of the molecule is CC(=O)Nc1c(C)ccc(NCC(=O)NCCC2CCCCC2)c1C. The van der Waals surface area contributed by atoms with E-state index in [1.807, 2.05) is 26.0 Å². The third kappa shape index (κ3) is 6.07. The number of carbonyl (C=O) groups excluding carboxylic acids is 2. The first-order valence-electron chi connectivity index (χ1n) is 9.35. The number of aryl methyl sites for hydroxylation is 1. The Hall–Kier alpha value is -2.04. The maximum atomic E-state index is 12.1. The zero-order chi connectivity index (χ0) is 18.2. The number of anilines is 2. The van der Waals surface area contributed by atoms with Gasteiger partial charge < -0.3 is 16.0 Å². The summed E-state index contributed by atoms with van der Waals surface area (Å²) in [4.78, 5) is 23.4. The van der Waals surface area contributed by atoms with Gasteiger partial charge in [-0.2, -0.15) is 0 Å². The molecule has 0 aliphatic heterocycles. The number of rotatable bonds is 7. The summed E-state index contributed by atoms with van der Waals surface area (Å²) < 4.78 is 0. The molecule has 0 saturated heterocycles. The van der Waals surface area contributed by atoms with Crippen molar-refractivity contribution in [3.8, 4) is 0 Å². The molecule has 1 fully saturated rings. The predicted octanol–water partition coefficient (Wildman–Crippen LogP) is 3.76. The first-order chi connectivity index (χ1) is 12.0. The van der Waals surface area contributed by atoms with Crippen LogP contribution in [-0.4, -0.2) is 24.9 Å². The van der Waals surface area contributed by atoms with Gasteiger partial charge in [0.15, 0.2) is 0 Å². The number of hydrogen-bond acceptors (Lipinski definition) is 3. The summed E-state index contributed by atoms with van der Waals surface area (Å²) in [6.45, 7) is 6.41. The number of amides is 2. The Labute approximate surface area is 151 Å². The van der Waals surface area contributed by atoms with Crippen molar-refractivity contribution in [2.75, 3.05) is 23.7 Å². The van der Waals surface area contributed by atoms with Crippen molar-refractivity contribution >= 4 is 23.2 Å². The monoisotopic (exact) mass is 345 g/mol. The minimum atomic E-state index is -0.0937. The lowest BCUT2D eigenvalue weighted by molar-refractivity contribution is -0.119. The normalized spacial score (nSPS) is 14.8. The molecule has 3 N–H and O–H groups in total. The molecule has 1 aromatic rings. The Morgan fingerprint density at radius 2 is 1.84 bits per heavy atom. The molecule has 5 heteroatoms. The standard InChI is InChI=1S/C20H31N3O2/c1-14-9-10-18(15(2)20(14)23-16(3)24)22-13-19(25)21-12-11-17-7-5-4-6-8-17/h9-10,17,22H,4-8,11-13H2,1-3H3,(H,21,25)(H,23,24). The molecule has 138 valence electrons. The van der Waals surface area contributed by atoms with Gasteiger partial charge in [0.1, 0.15) is 0 Å². The fourth-order valence-corrected chi connectivity index (χ4v) is 3.54. The van der Waals surface area contributed by atoms with Gasteiger partial charge in [-0.15, -0.1) is 0 Å². The highest BCUT2D eigenvalue weighted by molar-refractivity contribution is 5.92. The van der Waals surface area contributed by atoms with Gasteiger partial charge in [-0.05, 0) is 43.4 Å². The summed E-state index contributed by atoms with van der Waals surface area (Å²) in [6, 6.07) is 3.90. The fraction of sp³-hybridized carbons (Fsp3) is 0.600. The van der Waals surface area contributed by atoms with Crippen LogP contribution in [0.15, 0.2) is 12.1 Å². The van der Waals surface area contributed by atoms with Crippen LogP contribution in [0.1, 0.15) is 56.6 Å². The van der Waals surface area contributed by atoms with Crippen molar-refractivity contribution in [1.29, 1.82) is 0 Å². The van der Waals surface area contributed by atoms with E-state index in [2.05, 4.69) is 16.0 Å². The molecule has 0 bridgehead atoms. The maximum absolute atomic E-state index is 12.1. The van der Waals surface area contributed by atoms with Crippen LogP contribution in [0.3, 0.4) is 0 Å². The molecular formula is C20H31N3O2. The van der Waals surface area contributed by atoms with E-state index in [4.69, 9.17) is 0 Å². The summed E-state index contributed by atoms with van der Waals surface area (Å²) in [5.41, 5.74) is 3.65. The highest BCUT2D eigenvalue weighted by Crippen LogP contribution is 2.27. The van der Waals surface area contributed by atoms with Crippen LogP contribution in [0.4, 0.5) is 11.4 Å². The lowest BCUT2D eigenvalue weighted by Crippen LogP contribution is -2.31. The second-order valence-corrected chi connectivity index (χ2v) is 7.11. The molecule has 0 atom stereocenters. The molecule has 0 radical (unpaired) electrons. The first-order valence-corrected chi connectivity index (χ1v) is 9.35. The lowest BCUT2D eigenvalue weighted by atomic mass is 9.87. The van der Waals surface area contributed by atoms with E-state index < -0.39 is 0 Å². The second kappa shape index (κ2) is 9.44. The minimum absolute atomic E-state index is 0.0110. The van der Waals surface area contributed by atoms with Crippen LogP contribution in [-0.2, 0) is 9.59 Å². The van der Waals surface area contributed by atoms with E-state index in [9.17, 15) is 9.59 Å². The van der Waals surface area contributed by atoms with E-state index in [1.54, 1.807) is 0 Å². The Balaban J connectivity index is 1.79. The molecule has 0 heterocycles. The average Bonchev–Trinajstić information content (AvgIpc) is 2.58. The van der Waals surface area contributed by atoms with E-state index in [-0.39, 0.29) is 18.4 Å². The van der Waals surface area contributed by atoms with Crippen molar-refractivity contribution < 1.29 is 9.59 Å². The quantitative estimate of drug-likeness (QED) is 0.705. The van der Waals surface area contributed by atoms with Crippen LogP contribution in [0.25, 0.3) is 0 Å². The molecule has 1 saturated carbocycles. The summed E-state index contributed by atoms with van der Waals surface area (Å²) >= 11 is 0. The molecule has 1 aliphatic carbocycles. The minimum Gasteiger partial charge on any atom is -0.376 e. The highest BCUT2D eigenvalue weighted by atomic mass is 16.2. The van der Waals surface area contributed by atoms with Gasteiger partial charge in [-0.25, -0.2) is 0 Å². The lowest BCUT2D eigenvalue weighted by Gasteiger charge is -2.21. The molecule has 2 amide bonds. The molecule has 1 aliphatic rings. The maximum Gasteiger partial charge on any atom is 0.239 e. The summed E-state index contributed by atoms with van der Waals surface area (Å²) in [6.07, 6.45) is 7.74. The Kier molecular flexibility index (Phi) is 7.29. The fourth-order valence-electron chi connectivity index (χ4n) is 3.54. The first kappa shape index (κ1) is 19.3. The van der Waals surface area contributed by atoms with Crippen LogP contribution in [0.2, 0.25) is 0 Å². The third-order valence-corrected chi connectivity index (χ3v) is 5.01. The third-order valence-electron chi connectivity index (χ3n) is 5.01. The van der Waals surface area contributed by atoms with Crippen molar-refractivity contribution in [1.82, 2.24) is 5.32 Å². The van der Waals surface area contributed by atoms with E-state index in [0.717, 1.165) is 41.4 Å². The van der Waals surface area contributed by atoms with E-state index in [0.29, 0.717) is 0 Å². The molecule has 0 aromatic heterocycles. The molecule has 5 nitrogen and oxygen atoms in total. The van der Waals surface area contributed by atoms with Gasteiger partial charge in [-0.3, -0.25) is 9.59 Å². The molecule has 0 spiro atoms. The average molecular weight is 345 g/mol. The van der Waals surface area contributed by atoms with Gasteiger partial charge in [0.2, 0.25) is 11.8 Å². The number of nitrogens with one attached hydrogen (secondary N) is 3. The van der Waals surface area contributed by atoms with E-state index >= 15 is 0 Å². The molecule has 1 aromatic carbocycles. The molecule has 25 heavy (non-hydrogen) atoms. The number of benzene rings is 1. The smallest absolute Gasteiger partial charge is 0.239 e. The number of carbonyl (C=O) groups is 2. The Bertz CT molecular complexity index is 607. The number of hydrogen-bond donors (Lipinski definition) is 3. The van der Waals surface area contributed by atoms with Gasteiger partial charge in [0.05, 0.1) is 6.54 Å². The van der Waals surface area contributed by atoms with Crippen LogP contribution in [0.5, 0.6) is 0 Å². The Morgan fingerprint density at radius 1 is 1.12 bits per heavy atom. The Morgan fingerprint density at radius 3 is 2.52 bits per heavy atom. The second-order valence-electron chi connectivity index (χ2n) is 7.11. The molecule has 2 rings (SSSR count). The highest BCUT2D eigenvalue weighted by Gasteiger charge is 2.13. The zero-order valence-corrected chi connectivity index (χ0v) is 15.7. The predicted molar refractivity (Wildman–Crippen MR) is 103 cm³/mol. The van der Waals surface area contributed by atoms with Crippen LogP contribution >= 0.6 is 0 Å². The van der Waals surface area contributed by atoms with Crippen molar-refractivity contribution in [2.45, 2.75) is 59.3 Å². The zero-order valence-electron chi connectivity index (χ0n) is 15.7. The largest absolute Gasteiger partial charge is 0.376 e. The van der Waals surface area contributed by atoms with Gasteiger partial charge in [-0.1, -0.05) is 38.2 Å². The summed E-state index contributed by atoms with van der Waals surface area (Å²) in [5.74, 6) is 0.697. The topological polar surface area (TPSA) is 70.2 Å². The van der Waals surface area contributed by atoms with Crippen molar-refractivity contribution in [3.05, 3.63) is 23.3 Å². The molecule has 0 unspecified atom stereocenters. The van der Waals surface area contributed by atoms with Crippen molar-refractivity contribution in [3.63, 3.8) is 0 Å². The van der Waals surface area contributed by atoms with Gasteiger partial charge >= 0.3 is 0 Å². The van der Waals surface area contributed by atoms with Crippen LogP contribution in [0, 0.1) is 19.8 Å². The van der Waals surface area contributed by atoms with Crippen LogP contribution < -0.4 is 16.0 Å².